The van der Waals surface area contributed by atoms with E-state index in [-0.39, 0.29) is 5.91 Å². The summed E-state index contributed by atoms with van der Waals surface area (Å²) < 4.78 is 0. The standard InChI is InChI=1S/C13H20N2OS/c1-13(2)5-3-4-10(7-13)15-12(16)6-11-8-17-9-14-11/h8-10H,3-7H2,1-2H3,(H,15,16)/t10-/m1/s1. The minimum atomic E-state index is 0.110. The van der Waals surface area contributed by atoms with Gasteiger partial charge in [-0.05, 0) is 24.7 Å². The lowest BCUT2D eigenvalue weighted by molar-refractivity contribution is -0.121. The van der Waals surface area contributed by atoms with Gasteiger partial charge in [0.15, 0.2) is 0 Å². The summed E-state index contributed by atoms with van der Waals surface area (Å²) in [6.45, 7) is 4.57. The van der Waals surface area contributed by atoms with Crippen molar-refractivity contribution >= 4 is 17.2 Å². The van der Waals surface area contributed by atoms with Gasteiger partial charge < -0.3 is 5.32 Å². The average Bonchev–Trinajstić information content (AvgIpc) is 2.68. The van der Waals surface area contributed by atoms with Crippen LogP contribution in [0.25, 0.3) is 0 Å². The Bertz CT molecular complexity index is 373. The van der Waals surface area contributed by atoms with Crippen LogP contribution in [0.15, 0.2) is 10.9 Å². The molecule has 0 aliphatic heterocycles. The van der Waals surface area contributed by atoms with E-state index in [1.165, 1.54) is 24.2 Å². The Hall–Kier alpha value is -0.900. The molecule has 0 radical (unpaired) electrons. The molecule has 1 N–H and O–H groups in total. The van der Waals surface area contributed by atoms with Gasteiger partial charge in [0.2, 0.25) is 5.91 Å². The minimum Gasteiger partial charge on any atom is -0.353 e. The number of nitrogens with one attached hydrogen (secondary N) is 1. The van der Waals surface area contributed by atoms with E-state index in [2.05, 4.69) is 24.1 Å². The first-order valence-electron chi connectivity index (χ1n) is 6.22. The van der Waals surface area contributed by atoms with Gasteiger partial charge in [-0.3, -0.25) is 4.79 Å². The quantitative estimate of drug-likeness (QED) is 0.898. The summed E-state index contributed by atoms with van der Waals surface area (Å²) in [4.78, 5) is 16.0. The van der Waals surface area contributed by atoms with Gasteiger partial charge in [0.1, 0.15) is 0 Å². The van der Waals surface area contributed by atoms with Crippen molar-refractivity contribution < 1.29 is 4.79 Å². The molecule has 1 saturated carbocycles. The van der Waals surface area contributed by atoms with Crippen LogP contribution in [-0.4, -0.2) is 16.9 Å². The molecule has 1 aliphatic rings. The Labute approximate surface area is 107 Å². The molecule has 1 amide bonds. The van der Waals surface area contributed by atoms with Crippen LogP contribution in [-0.2, 0) is 11.2 Å². The lowest BCUT2D eigenvalue weighted by Gasteiger charge is -2.35. The number of amides is 1. The molecule has 1 aromatic heterocycles. The Balaban J connectivity index is 1.82. The number of thiazole rings is 1. The van der Waals surface area contributed by atoms with E-state index in [4.69, 9.17) is 0 Å². The second-order valence-electron chi connectivity index (χ2n) is 5.68. The summed E-state index contributed by atoms with van der Waals surface area (Å²) >= 11 is 1.54. The molecule has 0 aromatic carbocycles. The first-order valence-corrected chi connectivity index (χ1v) is 7.16. The van der Waals surface area contributed by atoms with Crippen molar-refractivity contribution in [3.8, 4) is 0 Å². The highest BCUT2D eigenvalue weighted by molar-refractivity contribution is 7.07. The van der Waals surface area contributed by atoms with Crippen LogP contribution in [0.2, 0.25) is 0 Å². The van der Waals surface area contributed by atoms with Crippen molar-refractivity contribution in [3.05, 3.63) is 16.6 Å². The Kier molecular flexibility index (Phi) is 3.82. The molecule has 2 rings (SSSR count). The molecule has 1 aliphatic carbocycles. The summed E-state index contributed by atoms with van der Waals surface area (Å²) in [6.07, 6.45) is 5.11. The van der Waals surface area contributed by atoms with E-state index in [0.717, 1.165) is 18.5 Å². The number of rotatable bonds is 3. The third-order valence-electron chi connectivity index (χ3n) is 3.40. The van der Waals surface area contributed by atoms with Gasteiger partial charge in [-0.15, -0.1) is 11.3 Å². The van der Waals surface area contributed by atoms with Crippen LogP contribution in [0.1, 0.15) is 45.2 Å². The molecule has 1 atom stereocenters. The van der Waals surface area contributed by atoms with E-state index >= 15 is 0 Å². The first-order chi connectivity index (χ1) is 8.05. The van der Waals surface area contributed by atoms with Crippen molar-refractivity contribution in [1.29, 1.82) is 0 Å². The van der Waals surface area contributed by atoms with Crippen molar-refractivity contribution in [1.82, 2.24) is 10.3 Å². The highest BCUT2D eigenvalue weighted by atomic mass is 32.1. The molecule has 4 heteroatoms. The molecule has 1 heterocycles. The number of nitrogens with zero attached hydrogens (tertiary/aromatic N) is 1. The predicted molar refractivity (Wildman–Crippen MR) is 70.0 cm³/mol. The third-order valence-corrected chi connectivity index (χ3v) is 4.03. The molecule has 94 valence electrons. The van der Waals surface area contributed by atoms with Crippen LogP contribution in [0, 0.1) is 5.41 Å². The lowest BCUT2D eigenvalue weighted by atomic mass is 9.75. The van der Waals surface area contributed by atoms with Gasteiger partial charge in [-0.1, -0.05) is 20.3 Å². The molecular weight excluding hydrogens is 232 g/mol. The van der Waals surface area contributed by atoms with E-state index in [1.807, 2.05) is 5.38 Å². The average molecular weight is 252 g/mol. The van der Waals surface area contributed by atoms with Crippen molar-refractivity contribution in [3.63, 3.8) is 0 Å². The zero-order valence-corrected chi connectivity index (χ0v) is 11.3. The fourth-order valence-electron chi connectivity index (χ4n) is 2.59. The third kappa shape index (κ3) is 3.80. The van der Waals surface area contributed by atoms with Crippen molar-refractivity contribution in [2.75, 3.05) is 0 Å². The number of carbonyl (C=O) groups is 1. The lowest BCUT2D eigenvalue weighted by Crippen LogP contribution is -2.41. The van der Waals surface area contributed by atoms with Crippen LogP contribution >= 0.6 is 11.3 Å². The summed E-state index contributed by atoms with van der Waals surface area (Å²) in [5.74, 6) is 0.110. The van der Waals surface area contributed by atoms with Crippen LogP contribution < -0.4 is 5.32 Å². The van der Waals surface area contributed by atoms with Gasteiger partial charge >= 0.3 is 0 Å². The van der Waals surface area contributed by atoms with E-state index in [0.29, 0.717) is 17.9 Å². The molecule has 0 saturated heterocycles. The number of hydrogen-bond acceptors (Lipinski definition) is 3. The van der Waals surface area contributed by atoms with Crippen molar-refractivity contribution in [2.45, 2.75) is 52.0 Å². The van der Waals surface area contributed by atoms with Gasteiger partial charge in [0.05, 0.1) is 17.6 Å². The van der Waals surface area contributed by atoms with Crippen molar-refractivity contribution in [2.24, 2.45) is 5.41 Å². The molecule has 0 spiro atoms. The summed E-state index contributed by atoms with van der Waals surface area (Å²) in [7, 11) is 0. The zero-order valence-electron chi connectivity index (χ0n) is 10.5. The molecule has 0 bridgehead atoms. The normalized spacial score (nSPS) is 23.3. The second kappa shape index (κ2) is 5.17. The molecule has 17 heavy (non-hydrogen) atoms. The maximum Gasteiger partial charge on any atom is 0.226 e. The molecule has 1 fully saturated rings. The number of hydrogen-bond donors (Lipinski definition) is 1. The fourth-order valence-corrected chi connectivity index (χ4v) is 3.15. The van der Waals surface area contributed by atoms with Crippen LogP contribution in [0.5, 0.6) is 0 Å². The largest absolute Gasteiger partial charge is 0.353 e. The first kappa shape index (κ1) is 12.6. The molecule has 1 aromatic rings. The van der Waals surface area contributed by atoms with Gasteiger partial charge in [0, 0.05) is 11.4 Å². The Morgan fingerprint density at radius 3 is 3.12 bits per heavy atom. The summed E-state index contributed by atoms with van der Waals surface area (Å²) in [5, 5.41) is 5.07. The topological polar surface area (TPSA) is 42.0 Å². The van der Waals surface area contributed by atoms with Crippen LogP contribution in [0.4, 0.5) is 0 Å². The maximum absolute atomic E-state index is 11.8. The Morgan fingerprint density at radius 2 is 2.47 bits per heavy atom. The monoisotopic (exact) mass is 252 g/mol. The zero-order chi connectivity index (χ0) is 12.3. The maximum atomic E-state index is 11.8. The summed E-state index contributed by atoms with van der Waals surface area (Å²) in [6, 6.07) is 0.352. The van der Waals surface area contributed by atoms with Crippen LogP contribution in [0.3, 0.4) is 0 Å². The van der Waals surface area contributed by atoms with E-state index in [9.17, 15) is 4.79 Å². The highest BCUT2D eigenvalue weighted by Crippen LogP contribution is 2.35. The second-order valence-corrected chi connectivity index (χ2v) is 6.40. The smallest absolute Gasteiger partial charge is 0.226 e. The molecular formula is C13H20N2OS. The fraction of sp³-hybridized carbons (Fsp3) is 0.692. The molecule has 0 unspecified atom stereocenters. The predicted octanol–water partition coefficient (Wildman–Crippen LogP) is 2.77. The minimum absolute atomic E-state index is 0.110. The van der Waals surface area contributed by atoms with Gasteiger partial charge in [-0.25, -0.2) is 4.98 Å². The van der Waals surface area contributed by atoms with Gasteiger partial charge in [-0.2, -0.15) is 0 Å². The Morgan fingerprint density at radius 1 is 1.65 bits per heavy atom. The van der Waals surface area contributed by atoms with E-state index in [1.54, 1.807) is 5.51 Å². The van der Waals surface area contributed by atoms with E-state index < -0.39 is 0 Å². The number of carbonyl (C=O) groups excluding carboxylic acids is 1. The molecule has 3 nitrogen and oxygen atoms in total. The summed E-state index contributed by atoms with van der Waals surface area (Å²) in [5.41, 5.74) is 3.02. The highest BCUT2D eigenvalue weighted by Gasteiger charge is 2.28. The number of aromatic nitrogens is 1. The van der Waals surface area contributed by atoms with Gasteiger partial charge in [0.25, 0.3) is 0 Å². The SMILES string of the molecule is CC1(C)CCC[C@@H](NC(=O)Cc2cscn2)C1.